The van der Waals surface area contributed by atoms with Gasteiger partial charge in [-0.1, -0.05) is 60.7 Å². The molecule has 2 unspecified atom stereocenters. The minimum Gasteiger partial charge on any atom is -0.392 e. The highest BCUT2D eigenvalue weighted by Gasteiger charge is 2.82. The van der Waals surface area contributed by atoms with Gasteiger partial charge in [0.25, 0.3) is 5.83 Å². The number of allylic oxidation sites excluding steroid dienone is 1. The summed E-state index contributed by atoms with van der Waals surface area (Å²) in [5.74, 6) is -17.2. The highest BCUT2D eigenvalue weighted by Crippen LogP contribution is 2.53. The molecule has 24 heteroatoms. The van der Waals surface area contributed by atoms with Gasteiger partial charge in [0.15, 0.2) is 12.3 Å². The average Bonchev–Trinajstić information content (AvgIpc) is 2.98. The molecule has 7 nitrogen and oxygen atoms in total. The molecule has 0 aliphatic rings. The van der Waals surface area contributed by atoms with Crippen molar-refractivity contribution in [2.24, 2.45) is 0 Å². The molecule has 0 bridgehead atoms. The van der Waals surface area contributed by atoms with Crippen LogP contribution in [-0.2, 0) is 29.6 Å². The second-order valence-electron chi connectivity index (χ2n) is 9.09. The Kier molecular flexibility index (Phi) is 11.9. The molecule has 0 amide bonds. The highest BCUT2D eigenvalue weighted by molar-refractivity contribution is 6.03. The van der Waals surface area contributed by atoms with E-state index in [1.165, 1.54) is 24.3 Å². The summed E-state index contributed by atoms with van der Waals surface area (Å²) in [6.07, 6.45) is -43.0. The zero-order chi connectivity index (χ0) is 37.9. The molecule has 2 atom stereocenters. The molecule has 0 saturated carbocycles. The normalized spacial score (nSPS) is 16.7. The van der Waals surface area contributed by atoms with Crippen molar-refractivity contribution in [2.45, 2.75) is 48.2 Å². The smallest absolute Gasteiger partial charge is 0.392 e. The molecule has 2 aromatic rings. The molecule has 276 valence electrons. The Hall–Kier alpha value is -3.90. The fraction of sp³-hybridized carbons (Fsp3) is 0.400. The SMILES string of the molecule is O=C(c1ccccc1)C(O)(COOC(OC(F)(F)C(F)(OC(F)(F)C(F)(F)OC(F)(F)CF)C(F)(F)F)=C(F)C(F)(F)F)c1ccccc1. The molecule has 0 saturated heterocycles. The van der Waals surface area contributed by atoms with Crippen LogP contribution in [0.1, 0.15) is 15.9 Å². The molecule has 1 N–H and O–H groups in total. The molecule has 0 heterocycles. The van der Waals surface area contributed by atoms with Crippen molar-refractivity contribution in [3.05, 3.63) is 83.6 Å². The van der Waals surface area contributed by atoms with Crippen LogP contribution in [-0.4, -0.2) is 66.8 Å². The molecule has 0 radical (unpaired) electrons. The lowest BCUT2D eigenvalue weighted by Gasteiger charge is -2.37. The number of benzene rings is 2. The van der Waals surface area contributed by atoms with Crippen molar-refractivity contribution in [2.75, 3.05) is 13.3 Å². The Bertz CT molecular complexity index is 1450. The quantitative estimate of drug-likeness (QED) is 0.0612. The summed E-state index contributed by atoms with van der Waals surface area (Å²) in [5, 5.41) is 11.0. The first-order chi connectivity index (χ1) is 22.1. The molecule has 49 heavy (non-hydrogen) atoms. The molecule has 0 fully saturated rings. The van der Waals surface area contributed by atoms with Crippen LogP contribution < -0.4 is 0 Å². The van der Waals surface area contributed by atoms with E-state index in [4.69, 9.17) is 0 Å². The maximum Gasteiger partial charge on any atom is 0.471 e. The summed E-state index contributed by atoms with van der Waals surface area (Å²) in [6.45, 7) is -5.30. The number of Topliss-reactive ketones (excluding diaryl/α,β-unsaturated/α-hetero) is 1. The van der Waals surface area contributed by atoms with Gasteiger partial charge in [0, 0.05) is 5.56 Å². The molecule has 0 aromatic heterocycles. The van der Waals surface area contributed by atoms with Gasteiger partial charge >= 0.3 is 48.6 Å². The van der Waals surface area contributed by atoms with Crippen molar-refractivity contribution < 1.29 is 109 Å². The van der Waals surface area contributed by atoms with Crippen molar-refractivity contribution in [3.8, 4) is 0 Å². The van der Waals surface area contributed by atoms with E-state index in [-0.39, 0.29) is 0 Å². The van der Waals surface area contributed by atoms with Gasteiger partial charge < -0.3 is 9.84 Å². The van der Waals surface area contributed by atoms with E-state index in [1.54, 1.807) is 4.74 Å². The lowest BCUT2D eigenvalue weighted by molar-refractivity contribution is -0.553. The summed E-state index contributed by atoms with van der Waals surface area (Å²) in [6, 6.07) is 11.3. The maximum absolute atomic E-state index is 14.6. The molecular weight excluding hydrogens is 735 g/mol. The van der Waals surface area contributed by atoms with Crippen molar-refractivity contribution in [1.82, 2.24) is 0 Å². The molecule has 0 spiro atoms. The van der Waals surface area contributed by atoms with Gasteiger partial charge in [-0.05, 0) is 5.56 Å². The summed E-state index contributed by atoms with van der Waals surface area (Å²) < 4.78 is 235. The fourth-order valence-corrected chi connectivity index (χ4v) is 3.18. The van der Waals surface area contributed by atoms with Crippen molar-refractivity contribution in [1.29, 1.82) is 0 Å². The summed E-state index contributed by atoms with van der Waals surface area (Å²) in [5.41, 5.74) is -4.05. The first-order valence-electron chi connectivity index (χ1n) is 12.1. The predicted octanol–water partition coefficient (Wildman–Crippen LogP) is 8.02. The number of rotatable bonds is 16. The second-order valence-corrected chi connectivity index (χ2v) is 9.09. The zero-order valence-electron chi connectivity index (χ0n) is 23.0. The van der Waals surface area contributed by atoms with Crippen LogP contribution in [0.4, 0.5) is 74.6 Å². The van der Waals surface area contributed by atoms with E-state index in [0.717, 1.165) is 36.4 Å². The topological polar surface area (TPSA) is 83.5 Å². The number of aliphatic hydroxyl groups is 1. The third kappa shape index (κ3) is 9.21. The minimum atomic E-state index is -7.85. The molecule has 2 aromatic carbocycles. The number of halogens is 17. The largest absolute Gasteiger partial charge is 0.471 e. The minimum absolute atomic E-state index is 0.395. The second kappa shape index (κ2) is 14.1. The Morgan fingerprint density at radius 3 is 1.59 bits per heavy atom. The first-order valence-corrected chi connectivity index (χ1v) is 12.1. The third-order valence-corrected chi connectivity index (χ3v) is 5.49. The van der Waals surface area contributed by atoms with E-state index in [0.29, 0.717) is 0 Å². The van der Waals surface area contributed by atoms with E-state index >= 15 is 0 Å². The predicted molar refractivity (Wildman–Crippen MR) is 121 cm³/mol. The number of hydrogen-bond donors (Lipinski definition) is 1. The van der Waals surface area contributed by atoms with Gasteiger partial charge in [0.2, 0.25) is 5.78 Å². The Morgan fingerprint density at radius 2 is 1.14 bits per heavy atom. The number of carbonyl (C=O) groups is 1. The number of hydrogen-bond acceptors (Lipinski definition) is 7. The molecule has 2 rings (SSSR count). The maximum atomic E-state index is 14.6. The van der Waals surface area contributed by atoms with E-state index in [1.807, 2.05) is 4.74 Å². The van der Waals surface area contributed by atoms with E-state index in [2.05, 4.69) is 14.5 Å². The number of ketones is 1. The van der Waals surface area contributed by atoms with Gasteiger partial charge in [0.05, 0.1) is 0 Å². The number of alkyl halides is 16. The van der Waals surface area contributed by atoms with Gasteiger partial charge in [-0.2, -0.15) is 75.1 Å². The van der Waals surface area contributed by atoms with Gasteiger partial charge in [-0.15, -0.1) is 0 Å². The van der Waals surface area contributed by atoms with Gasteiger partial charge in [-0.25, -0.2) is 9.13 Å². The zero-order valence-corrected chi connectivity index (χ0v) is 23.0. The van der Waals surface area contributed by atoms with Crippen LogP contribution in [0.3, 0.4) is 0 Å². The number of carbonyl (C=O) groups excluding carboxylic acids is 1. The lowest BCUT2D eigenvalue weighted by Crippen LogP contribution is -2.64. The van der Waals surface area contributed by atoms with Crippen LogP contribution in [0, 0.1) is 0 Å². The van der Waals surface area contributed by atoms with Crippen LogP contribution in [0.5, 0.6) is 0 Å². The Balaban J connectivity index is 2.54. The van der Waals surface area contributed by atoms with E-state index < -0.39 is 90.2 Å². The van der Waals surface area contributed by atoms with Crippen LogP contribution in [0.25, 0.3) is 0 Å². The molecular formula is C25H15F17O7. The summed E-state index contributed by atoms with van der Waals surface area (Å²) in [7, 11) is 0. The molecule has 0 aliphatic heterocycles. The van der Waals surface area contributed by atoms with E-state index in [9.17, 15) is 84.5 Å². The Morgan fingerprint density at radius 1 is 0.673 bits per heavy atom. The Labute approximate surface area is 260 Å². The van der Waals surface area contributed by atoms with Crippen molar-refractivity contribution >= 4 is 5.78 Å². The van der Waals surface area contributed by atoms with Gasteiger partial charge in [0.1, 0.15) is 6.61 Å². The molecule has 0 aliphatic carbocycles. The van der Waals surface area contributed by atoms with Crippen LogP contribution in [0.2, 0.25) is 0 Å². The summed E-state index contributed by atoms with van der Waals surface area (Å²) >= 11 is 0. The summed E-state index contributed by atoms with van der Waals surface area (Å²) in [4.78, 5) is 20.4. The van der Waals surface area contributed by atoms with Crippen molar-refractivity contribution in [3.63, 3.8) is 0 Å². The third-order valence-electron chi connectivity index (χ3n) is 5.49. The number of ether oxygens (including phenoxy) is 3. The highest BCUT2D eigenvalue weighted by atomic mass is 19.4. The first kappa shape index (κ1) is 41.3. The van der Waals surface area contributed by atoms with Crippen LogP contribution >= 0.6 is 0 Å². The van der Waals surface area contributed by atoms with Gasteiger partial charge in [-0.3, -0.25) is 14.4 Å². The standard InChI is InChI=1S/C25H15F17O7/c26-11-19(28,29)48-24(39,40)25(41,42)49-21(33,22(34,35)36)23(37,38)46-17(15(27)20(30,31)32)47-45-12-18(44,14-9-5-2-6-10-14)16(43)13-7-3-1-4-8-13/h1-10,44H,11-12H2. The van der Waals surface area contributed by atoms with Crippen LogP contribution in [0.15, 0.2) is 72.4 Å². The average molecular weight is 750 g/mol. The lowest BCUT2D eigenvalue weighted by atomic mass is 9.86. The monoisotopic (exact) mass is 750 g/mol. The fourth-order valence-electron chi connectivity index (χ4n) is 3.18.